The van der Waals surface area contributed by atoms with Gasteiger partial charge < -0.3 is 19.7 Å². The van der Waals surface area contributed by atoms with Crippen LogP contribution in [0.15, 0.2) is 122 Å². The van der Waals surface area contributed by atoms with Crippen LogP contribution in [-0.2, 0) is 0 Å². The van der Waals surface area contributed by atoms with Gasteiger partial charge in [-0.3, -0.25) is 9.97 Å². The molecule has 0 amide bonds. The van der Waals surface area contributed by atoms with Crippen molar-refractivity contribution in [2.24, 2.45) is 0 Å². The molecule has 6 heteroatoms. The largest absolute Gasteiger partial charge is 0.507 e. The van der Waals surface area contributed by atoms with Crippen LogP contribution in [0.1, 0.15) is 0 Å². The standard InChI is InChI=1S/C36H28N2O4/c1-41-31-19-7-17-29(39)33(31)27-15-9-21-37-35(27)25-13-5-3-11-23(25)24-12-4-6-14-26(24)36-28(16-10-22-38-36)34-30(40)18-8-20-32(34)42-2/h3-22,39-40H,1-2H3. The van der Waals surface area contributed by atoms with Gasteiger partial charge in [-0.2, -0.15) is 0 Å². The Labute approximate surface area is 244 Å². The highest BCUT2D eigenvalue weighted by molar-refractivity contribution is 5.98. The Morgan fingerprint density at radius 1 is 0.429 bits per heavy atom. The molecule has 2 heterocycles. The molecular weight excluding hydrogens is 524 g/mol. The van der Waals surface area contributed by atoms with Crippen molar-refractivity contribution in [1.29, 1.82) is 0 Å². The minimum atomic E-state index is 0.108. The summed E-state index contributed by atoms with van der Waals surface area (Å²) in [4.78, 5) is 9.60. The Bertz CT molecular complexity index is 1760. The lowest BCUT2D eigenvalue weighted by atomic mass is 9.88. The van der Waals surface area contributed by atoms with E-state index in [0.717, 1.165) is 33.4 Å². The summed E-state index contributed by atoms with van der Waals surface area (Å²) in [5.74, 6) is 1.32. The van der Waals surface area contributed by atoms with Crippen molar-refractivity contribution in [3.05, 3.63) is 122 Å². The number of aromatic nitrogens is 2. The van der Waals surface area contributed by atoms with Crippen LogP contribution in [-0.4, -0.2) is 34.4 Å². The Kier molecular flexibility index (Phi) is 7.26. The van der Waals surface area contributed by atoms with Crippen LogP contribution in [0.3, 0.4) is 0 Å². The van der Waals surface area contributed by atoms with Crippen molar-refractivity contribution >= 4 is 0 Å². The summed E-state index contributed by atoms with van der Waals surface area (Å²) in [7, 11) is 3.17. The lowest BCUT2D eigenvalue weighted by Crippen LogP contribution is -1.97. The van der Waals surface area contributed by atoms with Gasteiger partial charge in [-0.15, -0.1) is 0 Å². The van der Waals surface area contributed by atoms with E-state index < -0.39 is 0 Å². The summed E-state index contributed by atoms with van der Waals surface area (Å²) in [5.41, 5.74) is 7.66. The van der Waals surface area contributed by atoms with Gasteiger partial charge in [0.05, 0.1) is 36.7 Å². The molecule has 0 fully saturated rings. The van der Waals surface area contributed by atoms with E-state index in [-0.39, 0.29) is 11.5 Å². The number of hydrogen-bond donors (Lipinski definition) is 2. The number of phenols is 2. The van der Waals surface area contributed by atoms with E-state index in [0.29, 0.717) is 34.0 Å². The first-order valence-electron chi connectivity index (χ1n) is 13.4. The molecule has 0 spiro atoms. The maximum absolute atomic E-state index is 10.9. The molecule has 0 atom stereocenters. The summed E-state index contributed by atoms with van der Waals surface area (Å²) < 4.78 is 11.2. The highest BCUT2D eigenvalue weighted by Gasteiger charge is 2.22. The number of methoxy groups -OCH3 is 2. The molecule has 2 aromatic heterocycles. The molecule has 0 aliphatic carbocycles. The second-order valence-electron chi connectivity index (χ2n) is 9.60. The molecule has 0 bridgehead atoms. The summed E-state index contributed by atoms with van der Waals surface area (Å²) in [6.07, 6.45) is 3.49. The molecule has 6 nitrogen and oxygen atoms in total. The average Bonchev–Trinajstić information content (AvgIpc) is 3.04. The van der Waals surface area contributed by atoms with Crippen molar-refractivity contribution in [1.82, 2.24) is 9.97 Å². The number of nitrogens with zero attached hydrogens (tertiary/aromatic N) is 2. The van der Waals surface area contributed by atoms with Crippen molar-refractivity contribution in [2.45, 2.75) is 0 Å². The Morgan fingerprint density at radius 2 is 0.810 bits per heavy atom. The number of ether oxygens (including phenoxy) is 2. The number of aromatic hydroxyl groups is 2. The van der Waals surface area contributed by atoms with Crippen LogP contribution < -0.4 is 9.47 Å². The zero-order valence-electron chi connectivity index (χ0n) is 23.2. The summed E-state index contributed by atoms with van der Waals surface area (Å²) in [5, 5.41) is 21.8. The maximum Gasteiger partial charge on any atom is 0.130 e. The molecule has 0 saturated carbocycles. The van der Waals surface area contributed by atoms with Gasteiger partial charge in [-0.25, -0.2) is 0 Å². The first-order chi connectivity index (χ1) is 20.6. The molecule has 0 aliphatic heterocycles. The monoisotopic (exact) mass is 552 g/mol. The van der Waals surface area contributed by atoms with Crippen molar-refractivity contribution in [3.63, 3.8) is 0 Å². The molecule has 0 saturated heterocycles. The Balaban J connectivity index is 1.59. The zero-order valence-corrected chi connectivity index (χ0v) is 23.2. The molecule has 6 rings (SSSR count). The highest BCUT2D eigenvalue weighted by Crippen LogP contribution is 2.47. The molecule has 206 valence electrons. The van der Waals surface area contributed by atoms with Gasteiger partial charge in [-0.1, -0.05) is 72.8 Å². The van der Waals surface area contributed by atoms with Crippen LogP contribution in [0, 0.1) is 0 Å². The third-order valence-corrected chi connectivity index (χ3v) is 7.26. The molecule has 42 heavy (non-hydrogen) atoms. The molecule has 6 aromatic rings. The van der Waals surface area contributed by atoms with Gasteiger partial charge in [0.15, 0.2) is 0 Å². The van der Waals surface area contributed by atoms with E-state index >= 15 is 0 Å². The smallest absolute Gasteiger partial charge is 0.130 e. The maximum atomic E-state index is 10.9. The zero-order chi connectivity index (χ0) is 29.1. The summed E-state index contributed by atoms with van der Waals surface area (Å²) in [6, 6.07) is 34.1. The van der Waals surface area contributed by atoms with Crippen LogP contribution in [0.5, 0.6) is 23.0 Å². The van der Waals surface area contributed by atoms with Crippen LogP contribution in [0.4, 0.5) is 0 Å². The molecule has 0 aliphatic rings. The van der Waals surface area contributed by atoms with E-state index in [1.54, 1.807) is 50.9 Å². The normalized spacial score (nSPS) is 10.8. The highest BCUT2D eigenvalue weighted by atomic mass is 16.5. The number of phenolic OH excluding ortho intramolecular Hbond substituents is 2. The minimum absolute atomic E-state index is 0.108. The fourth-order valence-electron chi connectivity index (χ4n) is 5.41. The fourth-order valence-corrected chi connectivity index (χ4v) is 5.41. The number of hydrogen-bond acceptors (Lipinski definition) is 6. The Hall–Kier alpha value is -5.62. The topological polar surface area (TPSA) is 84.7 Å². The quantitative estimate of drug-likeness (QED) is 0.207. The van der Waals surface area contributed by atoms with Crippen LogP contribution in [0.2, 0.25) is 0 Å². The van der Waals surface area contributed by atoms with Gasteiger partial charge in [0.25, 0.3) is 0 Å². The SMILES string of the molecule is COc1cccc(O)c1-c1cccnc1-c1ccccc1-c1ccccc1-c1ncccc1-c1c(O)cccc1OC. The molecular formula is C36H28N2O4. The lowest BCUT2D eigenvalue weighted by molar-refractivity contribution is 0.410. The summed E-state index contributed by atoms with van der Waals surface area (Å²) >= 11 is 0. The second kappa shape index (κ2) is 11.5. The van der Waals surface area contributed by atoms with E-state index in [4.69, 9.17) is 19.4 Å². The fraction of sp³-hybridized carbons (Fsp3) is 0.0556. The third-order valence-electron chi connectivity index (χ3n) is 7.26. The number of benzene rings is 4. The molecule has 2 N–H and O–H groups in total. The number of rotatable bonds is 7. The lowest BCUT2D eigenvalue weighted by Gasteiger charge is -2.19. The first kappa shape index (κ1) is 26.6. The summed E-state index contributed by atoms with van der Waals surface area (Å²) in [6.45, 7) is 0. The van der Waals surface area contributed by atoms with Gasteiger partial charge in [0, 0.05) is 34.6 Å². The predicted molar refractivity (Wildman–Crippen MR) is 166 cm³/mol. The predicted octanol–water partition coefficient (Wildman–Crippen LogP) is 8.24. The van der Waals surface area contributed by atoms with Crippen molar-refractivity contribution in [3.8, 4) is 78.9 Å². The van der Waals surface area contributed by atoms with Gasteiger partial charge in [0.2, 0.25) is 0 Å². The van der Waals surface area contributed by atoms with E-state index in [1.165, 1.54) is 0 Å². The third kappa shape index (κ3) is 4.69. The van der Waals surface area contributed by atoms with Crippen LogP contribution in [0.25, 0.3) is 55.9 Å². The number of pyridine rings is 2. The second-order valence-corrected chi connectivity index (χ2v) is 9.60. The van der Waals surface area contributed by atoms with Gasteiger partial charge in [0.1, 0.15) is 23.0 Å². The van der Waals surface area contributed by atoms with E-state index in [1.807, 2.05) is 72.8 Å². The molecule has 0 unspecified atom stereocenters. The van der Waals surface area contributed by atoms with E-state index in [9.17, 15) is 10.2 Å². The molecule has 4 aromatic carbocycles. The van der Waals surface area contributed by atoms with Crippen molar-refractivity contribution < 1.29 is 19.7 Å². The minimum Gasteiger partial charge on any atom is -0.507 e. The van der Waals surface area contributed by atoms with Crippen LogP contribution >= 0.6 is 0 Å². The van der Waals surface area contributed by atoms with Gasteiger partial charge >= 0.3 is 0 Å². The average molecular weight is 553 g/mol. The van der Waals surface area contributed by atoms with E-state index in [2.05, 4.69) is 12.1 Å². The first-order valence-corrected chi connectivity index (χ1v) is 13.4. The molecule has 0 radical (unpaired) electrons. The van der Waals surface area contributed by atoms with Gasteiger partial charge in [-0.05, 0) is 47.5 Å². The Morgan fingerprint density at radius 3 is 1.21 bits per heavy atom. The van der Waals surface area contributed by atoms with Crippen molar-refractivity contribution in [2.75, 3.05) is 14.2 Å².